The first-order chi connectivity index (χ1) is 27.5. The minimum Gasteiger partial charge on any atom is -0.143 e. The van der Waals surface area contributed by atoms with Crippen molar-refractivity contribution in [1.29, 1.82) is 0 Å². The zero-order valence-corrected chi connectivity index (χ0v) is 40.3. The molecule has 5 aromatic heterocycles. The molecule has 5 rings (SSSR count). The van der Waals surface area contributed by atoms with Crippen LogP contribution in [0.5, 0.6) is 0 Å². The minimum atomic E-state index is 1.20. The first kappa shape index (κ1) is 45.6. The third kappa shape index (κ3) is 13.3. The number of rotatable bonds is 29. The molecule has 56 heavy (non-hydrogen) atoms. The van der Waals surface area contributed by atoms with E-state index >= 15 is 0 Å². The fourth-order valence-electron chi connectivity index (χ4n) is 8.14. The molecule has 0 fully saturated rings. The average molecular weight is 847 g/mol. The average Bonchev–Trinajstić information content (AvgIpc) is 4.05. The Morgan fingerprint density at radius 3 is 1.05 bits per heavy atom. The third-order valence-electron chi connectivity index (χ3n) is 11.6. The van der Waals surface area contributed by atoms with Crippen LogP contribution in [0.3, 0.4) is 0 Å². The Kier molecular flexibility index (Phi) is 20.5. The van der Waals surface area contributed by atoms with Crippen LogP contribution >= 0.6 is 56.7 Å². The predicted molar refractivity (Wildman–Crippen MR) is 262 cm³/mol. The van der Waals surface area contributed by atoms with Gasteiger partial charge in [0.2, 0.25) is 0 Å². The monoisotopic (exact) mass is 846 g/mol. The van der Waals surface area contributed by atoms with Crippen molar-refractivity contribution < 1.29 is 0 Å². The Labute approximate surface area is 363 Å². The molecule has 0 radical (unpaired) electrons. The quantitative estimate of drug-likeness (QED) is 0.0421. The number of thiophene rings is 5. The molecule has 0 unspecified atom stereocenters. The molecule has 5 heteroatoms. The summed E-state index contributed by atoms with van der Waals surface area (Å²) in [5.74, 6) is 0. The molecule has 0 amide bonds. The Hall–Kier alpha value is -1.50. The van der Waals surface area contributed by atoms with E-state index in [1.807, 2.05) is 11.3 Å². The summed E-state index contributed by atoms with van der Waals surface area (Å²) in [5.41, 5.74) is 7.97. The molecule has 5 heterocycles. The van der Waals surface area contributed by atoms with Crippen LogP contribution in [0.1, 0.15) is 196 Å². The molecule has 0 nitrogen and oxygen atoms in total. The third-order valence-corrected chi connectivity index (χ3v) is 17.9. The number of unbranched alkanes of at least 4 members (excludes halogenated alkanes) is 15. The molecular formula is C51H74S5. The summed E-state index contributed by atoms with van der Waals surface area (Å²) in [7, 11) is 0. The summed E-state index contributed by atoms with van der Waals surface area (Å²) >= 11 is 10.4. The van der Waals surface area contributed by atoms with Crippen molar-refractivity contribution in [3.05, 3.63) is 68.4 Å². The van der Waals surface area contributed by atoms with E-state index in [0.717, 1.165) is 0 Å². The van der Waals surface area contributed by atoms with Crippen LogP contribution in [0.15, 0.2) is 35.7 Å². The second-order valence-electron chi connectivity index (χ2n) is 16.4. The van der Waals surface area contributed by atoms with Gasteiger partial charge in [-0.2, -0.15) is 0 Å². The van der Waals surface area contributed by atoms with E-state index in [2.05, 4.69) is 123 Å². The highest BCUT2D eigenvalue weighted by Crippen LogP contribution is 2.50. The lowest BCUT2D eigenvalue weighted by Crippen LogP contribution is -1.87. The van der Waals surface area contributed by atoms with Gasteiger partial charge in [-0.15, -0.1) is 56.7 Å². The maximum absolute atomic E-state index is 2.65. The van der Waals surface area contributed by atoms with Crippen LogP contribution < -0.4 is 0 Å². The first-order valence-electron chi connectivity index (χ1n) is 23.1. The molecule has 0 saturated carbocycles. The lowest BCUT2D eigenvalue weighted by molar-refractivity contribution is 0.666. The fraction of sp³-hybridized carbons (Fsp3) is 0.608. The SMILES string of the molecule is CCCCCCc1cc(-c2sc(-c3sc(-c4sc(-c5sccc5CCCCCC)cc4CCCCCC)cc3CCCCCC)cc2CCCCCC)sc1C. The molecule has 0 spiro atoms. The molecule has 0 atom stereocenters. The second-order valence-corrected chi connectivity index (χ2v) is 21.7. The molecule has 308 valence electrons. The van der Waals surface area contributed by atoms with E-state index in [0.29, 0.717) is 0 Å². The van der Waals surface area contributed by atoms with Gasteiger partial charge in [-0.3, -0.25) is 0 Å². The topological polar surface area (TPSA) is 0 Å². The van der Waals surface area contributed by atoms with E-state index < -0.39 is 0 Å². The maximum Gasteiger partial charge on any atom is 0.0481 e. The van der Waals surface area contributed by atoms with Crippen LogP contribution in [-0.2, 0) is 32.1 Å². The number of hydrogen-bond acceptors (Lipinski definition) is 5. The van der Waals surface area contributed by atoms with E-state index in [9.17, 15) is 0 Å². The summed E-state index contributed by atoms with van der Waals surface area (Å²) in [5, 5.41) is 2.35. The highest BCUT2D eigenvalue weighted by molar-refractivity contribution is 7.30. The van der Waals surface area contributed by atoms with Gasteiger partial charge in [0, 0.05) is 43.9 Å². The summed E-state index contributed by atoms with van der Waals surface area (Å²) < 4.78 is 0. The van der Waals surface area contributed by atoms with Crippen molar-refractivity contribution in [2.75, 3.05) is 0 Å². The molecule has 0 N–H and O–H groups in total. The molecule has 5 aromatic rings. The predicted octanol–water partition coefficient (Wildman–Crippen LogP) is 19.6. The molecule has 0 saturated heterocycles. The largest absolute Gasteiger partial charge is 0.143 e. The zero-order valence-electron chi connectivity index (χ0n) is 36.2. The van der Waals surface area contributed by atoms with E-state index in [1.54, 1.807) is 42.4 Å². The Morgan fingerprint density at radius 1 is 0.339 bits per heavy atom. The van der Waals surface area contributed by atoms with Crippen molar-refractivity contribution in [3.63, 3.8) is 0 Å². The Bertz CT molecular complexity index is 1820. The highest BCUT2D eigenvalue weighted by atomic mass is 32.1. The first-order valence-corrected chi connectivity index (χ1v) is 27.2. The summed E-state index contributed by atoms with van der Waals surface area (Å²) in [6.45, 7) is 14.0. The van der Waals surface area contributed by atoms with E-state index in [-0.39, 0.29) is 0 Å². The summed E-state index contributed by atoms with van der Waals surface area (Å²) in [6, 6.07) is 12.9. The lowest BCUT2D eigenvalue weighted by Gasteiger charge is -2.02. The van der Waals surface area contributed by atoms with Crippen molar-refractivity contribution >= 4 is 56.7 Å². The van der Waals surface area contributed by atoms with Gasteiger partial charge in [0.15, 0.2) is 0 Å². The number of hydrogen-bond donors (Lipinski definition) is 0. The smallest absolute Gasteiger partial charge is 0.0481 e. The zero-order chi connectivity index (χ0) is 39.5. The Balaban J connectivity index is 1.54. The number of aryl methyl sites for hydroxylation is 6. The Morgan fingerprint density at radius 2 is 0.661 bits per heavy atom. The van der Waals surface area contributed by atoms with E-state index in [4.69, 9.17) is 0 Å². The van der Waals surface area contributed by atoms with E-state index in [1.165, 1.54) is 190 Å². The van der Waals surface area contributed by atoms with Gasteiger partial charge < -0.3 is 0 Å². The molecule has 0 aliphatic rings. The van der Waals surface area contributed by atoms with Crippen LogP contribution in [0.2, 0.25) is 0 Å². The maximum atomic E-state index is 2.65. The van der Waals surface area contributed by atoms with Crippen molar-refractivity contribution in [2.24, 2.45) is 0 Å². The van der Waals surface area contributed by atoms with Crippen molar-refractivity contribution in [1.82, 2.24) is 0 Å². The molecule has 0 aliphatic heterocycles. The minimum absolute atomic E-state index is 1.20. The normalized spacial score (nSPS) is 11.8. The van der Waals surface area contributed by atoms with Crippen LogP contribution in [-0.4, -0.2) is 0 Å². The van der Waals surface area contributed by atoms with Crippen molar-refractivity contribution in [2.45, 2.75) is 202 Å². The summed E-state index contributed by atoms with van der Waals surface area (Å²) in [4.78, 5) is 13.8. The molecule has 0 aliphatic carbocycles. The molecule has 0 bridgehead atoms. The second kappa shape index (κ2) is 25.2. The summed E-state index contributed by atoms with van der Waals surface area (Å²) in [6.07, 6.45) is 32.5. The van der Waals surface area contributed by atoms with Gasteiger partial charge in [0.1, 0.15) is 0 Å². The van der Waals surface area contributed by atoms with Crippen LogP contribution in [0.4, 0.5) is 0 Å². The highest BCUT2D eigenvalue weighted by Gasteiger charge is 2.23. The van der Waals surface area contributed by atoms with Gasteiger partial charge in [0.05, 0.1) is 0 Å². The van der Waals surface area contributed by atoms with Crippen LogP contribution in [0.25, 0.3) is 39.0 Å². The lowest BCUT2D eigenvalue weighted by atomic mass is 10.0. The standard InChI is InChI=1S/C51H74S5/c1-7-12-17-22-27-39-32-33-52-48(39)44-35-41(29-24-19-14-9-3)50(54-44)46-37-43(31-26-21-16-11-5)51(56-46)47-36-42(30-25-20-15-10-4)49(55-47)45-34-40(38(6)53-45)28-23-18-13-8-2/h32-37H,7-31H2,1-6H3. The molecule has 0 aromatic carbocycles. The van der Waals surface area contributed by atoms with Gasteiger partial charge in [0.25, 0.3) is 0 Å². The van der Waals surface area contributed by atoms with Gasteiger partial charge >= 0.3 is 0 Å². The van der Waals surface area contributed by atoms with Gasteiger partial charge in [-0.25, -0.2) is 0 Å². The van der Waals surface area contributed by atoms with Crippen molar-refractivity contribution in [3.8, 4) is 39.0 Å². The molecular weight excluding hydrogens is 773 g/mol. The van der Waals surface area contributed by atoms with Gasteiger partial charge in [-0.1, -0.05) is 131 Å². The van der Waals surface area contributed by atoms with Gasteiger partial charge in [-0.05, 0) is 135 Å². The van der Waals surface area contributed by atoms with Crippen LogP contribution in [0, 0.1) is 6.92 Å². The fourth-order valence-corrected chi connectivity index (χ4v) is 14.4.